The number of likely N-dealkylation sites (tertiary alicyclic amines) is 1. The number of carbonyl (C=O) groups is 4. The molecule has 0 radical (unpaired) electrons. The van der Waals surface area contributed by atoms with E-state index in [2.05, 4.69) is 18.5 Å². The van der Waals surface area contributed by atoms with Crippen LogP contribution >= 0.6 is 0 Å². The van der Waals surface area contributed by atoms with E-state index in [1.54, 1.807) is 17.1 Å². The van der Waals surface area contributed by atoms with Crippen molar-refractivity contribution in [1.82, 2.24) is 15.1 Å². The minimum absolute atomic E-state index is 0.0155. The van der Waals surface area contributed by atoms with Crippen molar-refractivity contribution in [3.63, 3.8) is 0 Å². The van der Waals surface area contributed by atoms with Crippen LogP contribution < -0.4 is 5.32 Å². The lowest BCUT2D eigenvalue weighted by Gasteiger charge is -2.40. The zero-order valence-corrected chi connectivity index (χ0v) is 26.8. The molecule has 1 aromatic rings. The molecule has 1 aromatic carbocycles. The van der Waals surface area contributed by atoms with Crippen LogP contribution in [-0.2, 0) is 28.7 Å². The number of benzene rings is 1. The maximum atomic E-state index is 14.6. The predicted octanol–water partition coefficient (Wildman–Crippen LogP) is 3.85. The third-order valence-electron chi connectivity index (χ3n) is 10.2. The van der Waals surface area contributed by atoms with Crippen LogP contribution in [0.3, 0.4) is 0 Å². The van der Waals surface area contributed by atoms with Crippen LogP contribution in [0.25, 0.3) is 0 Å². The highest BCUT2D eigenvalue weighted by atomic mass is 16.6. The van der Waals surface area contributed by atoms with E-state index in [4.69, 9.17) is 9.47 Å². The molecule has 4 aliphatic rings. The minimum atomic E-state index is -1.13. The summed E-state index contributed by atoms with van der Waals surface area (Å²) in [6, 6.07) is 8.43. The predicted molar refractivity (Wildman–Crippen MR) is 172 cm³/mol. The van der Waals surface area contributed by atoms with Crippen molar-refractivity contribution in [2.75, 3.05) is 26.2 Å². The fourth-order valence-electron chi connectivity index (χ4n) is 8.08. The lowest BCUT2D eigenvalue weighted by molar-refractivity contribution is -0.160. The fourth-order valence-corrected chi connectivity index (χ4v) is 8.08. The Morgan fingerprint density at radius 3 is 2.57 bits per heavy atom. The quantitative estimate of drug-likeness (QED) is 0.161. The van der Waals surface area contributed by atoms with Crippen LogP contribution in [0.4, 0.5) is 0 Å². The van der Waals surface area contributed by atoms with Gasteiger partial charge >= 0.3 is 5.97 Å². The number of rotatable bonds is 16. The Morgan fingerprint density at radius 1 is 1.11 bits per heavy atom. The number of carbonyl (C=O) groups excluding carboxylic acids is 4. The van der Waals surface area contributed by atoms with E-state index in [0.29, 0.717) is 45.2 Å². The average Bonchev–Trinajstić information content (AvgIpc) is 3.72. The summed E-state index contributed by atoms with van der Waals surface area (Å²) >= 11 is 0. The average molecular weight is 636 g/mol. The molecule has 6 atom stereocenters. The molecule has 1 saturated carbocycles. The normalized spacial score (nSPS) is 27.6. The highest BCUT2D eigenvalue weighted by molar-refractivity contribution is 5.98. The van der Waals surface area contributed by atoms with Gasteiger partial charge in [0, 0.05) is 32.2 Å². The fraction of sp³-hybridized carbons (Fsp3) is 0.611. The molecular weight excluding hydrogens is 586 g/mol. The second-order valence-electron chi connectivity index (χ2n) is 13.1. The Bertz CT molecular complexity index is 1270. The van der Waals surface area contributed by atoms with Gasteiger partial charge in [-0.2, -0.15) is 0 Å². The number of hydrogen-bond donors (Lipinski definition) is 2. The number of nitrogens with zero attached hydrogens (tertiary/aromatic N) is 2. The number of hydrogen-bond acceptors (Lipinski definition) is 7. The van der Waals surface area contributed by atoms with E-state index in [9.17, 15) is 24.3 Å². The van der Waals surface area contributed by atoms with Crippen LogP contribution in [0.2, 0.25) is 0 Å². The van der Waals surface area contributed by atoms with Crippen molar-refractivity contribution in [3.05, 3.63) is 61.2 Å². The van der Waals surface area contributed by atoms with Gasteiger partial charge in [0.2, 0.25) is 17.7 Å². The first-order chi connectivity index (χ1) is 22.4. The van der Waals surface area contributed by atoms with E-state index < -0.39 is 41.7 Å². The monoisotopic (exact) mass is 635 g/mol. The van der Waals surface area contributed by atoms with Gasteiger partial charge in [-0.3, -0.25) is 19.2 Å². The summed E-state index contributed by atoms with van der Waals surface area (Å²) in [7, 11) is 0. The Balaban J connectivity index is 1.42. The molecule has 0 unspecified atom stereocenters. The molecule has 1 spiro atoms. The van der Waals surface area contributed by atoms with Gasteiger partial charge in [-0.15, -0.1) is 13.2 Å². The van der Waals surface area contributed by atoms with Crippen LogP contribution in [0.5, 0.6) is 0 Å². The molecule has 10 heteroatoms. The van der Waals surface area contributed by atoms with Gasteiger partial charge in [0.25, 0.3) is 0 Å². The molecule has 0 aromatic heterocycles. The van der Waals surface area contributed by atoms with Crippen molar-refractivity contribution < 1.29 is 33.8 Å². The highest BCUT2D eigenvalue weighted by Gasteiger charge is 2.75. The van der Waals surface area contributed by atoms with E-state index >= 15 is 0 Å². The summed E-state index contributed by atoms with van der Waals surface area (Å²) in [4.78, 5) is 59.0. The van der Waals surface area contributed by atoms with Crippen LogP contribution in [0, 0.1) is 11.8 Å². The number of ether oxygens (including phenoxy) is 2. The van der Waals surface area contributed by atoms with Crippen molar-refractivity contribution in [3.8, 4) is 0 Å². The largest absolute Gasteiger partial charge is 0.455 e. The number of esters is 1. The standard InChI is InChI=1S/C36H49N3O7/c1-3-5-18-29(41)37-24-28(25-14-8-6-9-15-25)45-35(44)30-27-19-20-36(46-27)31(30)33(42)39(22-12-13-23-40)32(36)34(43)38(21-4-2)26-16-10-7-11-17-26/h3-4,6,8-9,14-15,26-28,30-32,40H,1-2,5,7,10-13,16-24H2,(H,37,41)/t27-,28-,30+,31+,32-,36+/m0/s1. The third-order valence-corrected chi connectivity index (χ3v) is 10.2. The second kappa shape index (κ2) is 15.4. The number of fused-ring (bicyclic) bond motifs is 1. The Morgan fingerprint density at radius 2 is 1.87 bits per heavy atom. The first-order valence-corrected chi connectivity index (χ1v) is 17.0. The molecule has 3 amide bonds. The molecule has 2 bridgehead atoms. The zero-order valence-electron chi connectivity index (χ0n) is 26.8. The third kappa shape index (κ3) is 6.79. The molecule has 2 N–H and O–H groups in total. The van der Waals surface area contributed by atoms with Gasteiger partial charge < -0.3 is 29.7 Å². The Kier molecular flexibility index (Phi) is 11.3. The maximum Gasteiger partial charge on any atom is 0.313 e. The second-order valence-corrected chi connectivity index (χ2v) is 13.1. The van der Waals surface area contributed by atoms with E-state index in [1.807, 2.05) is 35.2 Å². The van der Waals surface area contributed by atoms with Crippen LogP contribution in [0.15, 0.2) is 55.6 Å². The molecule has 3 heterocycles. The molecule has 1 aliphatic carbocycles. The summed E-state index contributed by atoms with van der Waals surface area (Å²) in [5.41, 5.74) is -0.403. The molecule has 46 heavy (non-hydrogen) atoms. The molecular formula is C36H49N3O7. The summed E-state index contributed by atoms with van der Waals surface area (Å²) in [5.74, 6) is -2.87. The Hall–Kier alpha value is -3.50. The summed E-state index contributed by atoms with van der Waals surface area (Å²) < 4.78 is 12.8. The maximum absolute atomic E-state index is 14.6. The Labute approximate surface area is 272 Å². The van der Waals surface area contributed by atoms with Crippen molar-refractivity contribution in [2.45, 2.75) is 101 Å². The van der Waals surface area contributed by atoms with Crippen molar-refractivity contribution in [1.29, 1.82) is 0 Å². The number of allylic oxidation sites excluding steroid dienone is 1. The number of amides is 3. The lowest BCUT2D eigenvalue weighted by Crippen LogP contribution is -2.58. The van der Waals surface area contributed by atoms with Gasteiger partial charge in [-0.1, -0.05) is 61.7 Å². The SMILES string of the molecule is C=CCCC(=O)NC[C@H](OC(=O)[C@@H]1[C@@H]2CC[C@]3(O2)[C@H](C(=O)N(CC=C)C2CCCCC2)N(CCCCO)C(=O)[C@@H]13)c1ccccc1. The van der Waals surface area contributed by atoms with Crippen molar-refractivity contribution >= 4 is 23.7 Å². The molecule has 4 fully saturated rings. The van der Waals surface area contributed by atoms with Gasteiger partial charge in [-0.25, -0.2) is 0 Å². The summed E-state index contributed by atoms with van der Waals surface area (Å²) in [6.07, 6.45) is 10.0. The van der Waals surface area contributed by atoms with Gasteiger partial charge in [-0.05, 0) is 50.5 Å². The number of nitrogens with one attached hydrogen (secondary N) is 1. The van der Waals surface area contributed by atoms with Crippen molar-refractivity contribution in [2.24, 2.45) is 11.8 Å². The van der Waals surface area contributed by atoms with Crippen LogP contribution in [0.1, 0.15) is 82.3 Å². The topological polar surface area (TPSA) is 125 Å². The van der Waals surface area contributed by atoms with Gasteiger partial charge in [0.15, 0.2) is 0 Å². The van der Waals surface area contributed by atoms with E-state index in [0.717, 1.165) is 37.7 Å². The first-order valence-electron chi connectivity index (χ1n) is 17.0. The zero-order chi connectivity index (χ0) is 32.7. The van der Waals surface area contributed by atoms with E-state index in [-0.39, 0.29) is 43.3 Å². The summed E-state index contributed by atoms with van der Waals surface area (Å²) in [5, 5.41) is 12.3. The molecule has 250 valence electrons. The number of aliphatic hydroxyl groups is 1. The lowest BCUT2D eigenvalue weighted by atomic mass is 9.70. The highest BCUT2D eigenvalue weighted by Crippen LogP contribution is 2.59. The summed E-state index contributed by atoms with van der Waals surface area (Å²) in [6.45, 7) is 8.32. The number of unbranched alkanes of at least 4 members (excludes halogenated alkanes) is 1. The smallest absolute Gasteiger partial charge is 0.313 e. The molecule has 10 nitrogen and oxygen atoms in total. The molecule has 3 saturated heterocycles. The number of aliphatic hydroxyl groups excluding tert-OH is 1. The van der Waals surface area contributed by atoms with Gasteiger partial charge in [0.1, 0.15) is 17.7 Å². The molecule has 3 aliphatic heterocycles. The van der Waals surface area contributed by atoms with E-state index in [1.165, 1.54) is 0 Å². The first kappa shape index (κ1) is 33.9. The van der Waals surface area contributed by atoms with Gasteiger partial charge in [0.05, 0.1) is 24.5 Å². The minimum Gasteiger partial charge on any atom is -0.455 e. The molecule has 5 rings (SSSR count). The van der Waals surface area contributed by atoms with Crippen LogP contribution in [-0.4, -0.2) is 88.6 Å².